The van der Waals surface area contributed by atoms with Crippen LogP contribution in [0.15, 0.2) is 102 Å². The van der Waals surface area contributed by atoms with E-state index in [4.69, 9.17) is 23.2 Å². The molecule has 0 radical (unpaired) electrons. The third-order valence-corrected chi connectivity index (χ3v) is 9.73. The molecule has 0 fully saturated rings. The highest BCUT2D eigenvalue weighted by molar-refractivity contribution is 7.92. The van der Waals surface area contributed by atoms with Crippen LogP contribution in [0.25, 0.3) is 0 Å². The Morgan fingerprint density at radius 2 is 1.45 bits per heavy atom. The lowest BCUT2D eigenvalue weighted by Gasteiger charge is -2.34. The zero-order chi connectivity index (χ0) is 31.9. The molecule has 4 aromatic carbocycles. The molecule has 0 bridgehead atoms. The Balaban J connectivity index is 1.85. The number of carbonyl (C=O) groups excluding carboxylic acids is 2. The van der Waals surface area contributed by atoms with Crippen LogP contribution in [-0.2, 0) is 32.6 Å². The number of nitrogens with one attached hydrogen (secondary N) is 1. The molecule has 10 heteroatoms. The summed E-state index contributed by atoms with van der Waals surface area (Å²) in [7, 11) is -4.19. The summed E-state index contributed by atoms with van der Waals surface area (Å²) in [6.07, 6.45) is 0.190. The van der Waals surface area contributed by atoms with Crippen molar-refractivity contribution in [3.63, 3.8) is 0 Å². The Morgan fingerprint density at radius 3 is 2.05 bits per heavy atom. The first-order chi connectivity index (χ1) is 21.0. The summed E-state index contributed by atoms with van der Waals surface area (Å²) in [5.41, 5.74) is 3.28. The molecule has 2 amide bonds. The van der Waals surface area contributed by atoms with Crippen molar-refractivity contribution in [1.82, 2.24) is 10.2 Å². The second kappa shape index (κ2) is 14.8. The number of anilines is 1. The number of hydrogen-bond donors (Lipinski definition) is 1. The third-order valence-electron chi connectivity index (χ3n) is 7.24. The molecule has 230 valence electrons. The summed E-state index contributed by atoms with van der Waals surface area (Å²) in [4.78, 5) is 29.5. The van der Waals surface area contributed by atoms with Crippen LogP contribution in [0, 0.1) is 13.8 Å². The molecule has 0 spiro atoms. The highest BCUT2D eigenvalue weighted by Crippen LogP contribution is 2.30. The van der Waals surface area contributed by atoms with Gasteiger partial charge in [0.1, 0.15) is 12.6 Å². The van der Waals surface area contributed by atoms with Gasteiger partial charge in [-0.1, -0.05) is 95.5 Å². The standard InChI is InChI=1S/C34H35Cl2N3O4S/c1-4-37-34(41)32(21-26-12-7-5-8-13-26)38(22-28-29(35)16-11-17-30(28)36)33(40)23-39(31-19-18-24(2)20-25(31)3)44(42,43)27-14-9-6-10-15-27/h5-20,32H,4,21-23H2,1-3H3,(H,37,41)/t32-/m1/s1. The number of halogens is 2. The molecule has 4 rings (SSSR count). The van der Waals surface area contributed by atoms with Crippen LogP contribution in [0.5, 0.6) is 0 Å². The highest BCUT2D eigenvalue weighted by Gasteiger charge is 2.35. The molecule has 0 saturated carbocycles. The molecule has 1 atom stereocenters. The lowest BCUT2D eigenvalue weighted by molar-refractivity contribution is -0.140. The van der Waals surface area contributed by atoms with Crippen molar-refractivity contribution in [3.8, 4) is 0 Å². The minimum atomic E-state index is -4.19. The maximum Gasteiger partial charge on any atom is 0.264 e. The first kappa shape index (κ1) is 33.1. The van der Waals surface area contributed by atoms with E-state index in [1.54, 1.807) is 62.4 Å². The fourth-order valence-corrected chi connectivity index (χ4v) is 7.03. The van der Waals surface area contributed by atoms with Crippen molar-refractivity contribution in [1.29, 1.82) is 0 Å². The van der Waals surface area contributed by atoms with Gasteiger partial charge in [-0.05, 0) is 62.2 Å². The Labute approximate surface area is 269 Å². The van der Waals surface area contributed by atoms with Crippen molar-refractivity contribution in [2.75, 3.05) is 17.4 Å². The van der Waals surface area contributed by atoms with E-state index >= 15 is 0 Å². The maximum atomic E-state index is 14.5. The first-order valence-corrected chi connectivity index (χ1v) is 16.4. The van der Waals surface area contributed by atoms with Gasteiger partial charge in [-0.15, -0.1) is 0 Å². The van der Waals surface area contributed by atoms with Crippen LogP contribution < -0.4 is 9.62 Å². The van der Waals surface area contributed by atoms with Crippen LogP contribution in [0.2, 0.25) is 10.0 Å². The topological polar surface area (TPSA) is 86.8 Å². The molecule has 7 nitrogen and oxygen atoms in total. The molecule has 0 aliphatic rings. The average molecular weight is 653 g/mol. The van der Waals surface area contributed by atoms with E-state index in [1.165, 1.54) is 17.0 Å². The second-order valence-corrected chi connectivity index (χ2v) is 13.1. The summed E-state index contributed by atoms with van der Waals surface area (Å²) in [6.45, 7) is 5.17. The molecule has 0 saturated heterocycles. The molecule has 0 heterocycles. The van der Waals surface area contributed by atoms with E-state index in [2.05, 4.69) is 5.32 Å². The minimum Gasteiger partial charge on any atom is -0.355 e. The molecule has 4 aromatic rings. The normalized spacial score (nSPS) is 11.9. The zero-order valence-electron chi connectivity index (χ0n) is 24.8. The Bertz CT molecular complexity index is 1700. The van der Waals surface area contributed by atoms with Crippen molar-refractivity contribution in [2.24, 2.45) is 0 Å². The summed E-state index contributed by atoms with van der Waals surface area (Å²) in [5.74, 6) is -0.968. The number of likely N-dealkylation sites (N-methyl/N-ethyl adjacent to an activating group) is 1. The van der Waals surface area contributed by atoms with Gasteiger partial charge < -0.3 is 10.2 Å². The van der Waals surface area contributed by atoms with Crippen molar-refractivity contribution in [2.45, 2.75) is 44.7 Å². The summed E-state index contributed by atoms with van der Waals surface area (Å²) < 4.78 is 29.4. The quantitative estimate of drug-likeness (QED) is 0.187. The molecule has 44 heavy (non-hydrogen) atoms. The fraction of sp³-hybridized carbons (Fsp3) is 0.235. The van der Waals surface area contributed by atoms with Gasteiger partial charge in [-0.25, -0.2) is 8.42 Å². The molecular weight excluding hydrogens is 617 g/mol. The highest BCUT2D eigenvalue weighted by atomic mass is 35.5. The van der Waals surface area contributed by atoms with Crippen molar-refractivity contribution >= 4 is 50.7 Å². The van der Waals surface area contributed by atoms with Crippen LogP contribution in [0.4, 0.5) is 5.69 Å². The lowest BCUT2D eigenvalue weighted by atomic mass is 10.0. The predicted molar refractivity (Wildman–Crippen MR) is 177 cm³/mol. The third kappa shape index (κ3) is 7.80. The van der Waals surface area contributed by atoms with E-state index in [-0.39, 0.29) is 23.8 Å². The van der Waals surface area contributed by atoms with Gasteiger partial charge >= 0.3 is 0 Å². The van der Waals surface area contributed by atoms with Gasteiger partial charge in [0.25, 0.3) is 10.0 Å². The Morgan fingerprint density at radius 1 is 0.841 bits per heavy atom. The number of rotatable bonds is 12. The number of hydrogen-bond acceptors (Lipinski definition) is 4. The van der Waals surface area contributed by atoms with Gasteiger partial charge in [-0.2, -0.15) is 0 Å². The van der Waals surface area contributed by atoms with E-state index in [9.17, 15) is 18.0 Å². The van der Waals surface area contributed by atoms with Crippen LogP contribution in [0.3, 0.4) is 0 Å². The van der Waals surface area contributed by atoms with Crippen LogP contribution in [-0.4, -0.2) is 44.3 Å². The van der Waals surface area contributed by atoms with Crippen LogP contribution >= 0.6 is 23.2 Å². The maximum absolute atomic E-state index is 14.5. The van der Waals surface area contributed by atoms with Crippen LogP contribution in [0.1, 0.15) is 29.2 Å². The van der Waals surface area contributed by atoms with Crippen molar-refractivity contribution in [3.05, 3.63) is 129 Å². The fourth-order valence-electron chi connectivity index (χ4n) is 5.02. The molecule has 1 N–H and O–H groups in total. The lowest BCUT2D eigenvalue weighted by Crippen LogP contribution is -2.53. The smallest absolute Gasteiger partial charge is 0.264 e. The number of amides is 2. The number of carbonyl (C=O) groups is 2. The summed E-state index contributed by atoms with van der Waals surface area (Å²) in [5, 5.41) is 3.50. The van der Waals surface area contributed by atoms with E-state index in [1.807, 2.05) is 43.3 Å². The summed E-state index contributed by atoms with van der Waals surface area (Å²) >= 11 is 13.1. The predicted octanol–water partition coefficient (Wildman–Crippen LogP) is 6.58. The summed E-state index contributed by atoms with van der Waals surface area (Å²) in [6, 6.07) is 26.7. The Kier molecular flexibility index (Phi) is 11.1. The largest absolute Gasteiger partial charge is 0.355 e. The molecule has 0 unspecified atom stereocenters. The van der Waals surface area contributed by atoms with Gasteiger partial charge in [0.15, 0.2) is 0 Å². The van der Waals surface area contributed by atoms with E-state index in [0.29, 0.717) is 33.4 Å². The first-order valence-electron chi connectivity index (χ1n) is 14.2. The van der Waals surface area contributed by atoms with Gasteiger partial charge in [0.05, 0.1) is 10.6 Å². The second-order valence-electron chi connectivity index (χ2n) is 10.4. The van der Waals surface area contributed by atoms with Gasteiger partial charge in [0, 0.05) is 35.1 Å². The number of aryl methyl sites for hydroxylation is 2. The number of benzene rings is 4. The molecule has 0 aliphatic heterocycles. The van der Waals surface area contributed by atoms with Crippen molar-refractivity contribution < 1.29 is 18.0 Å². The zero-order valence-corrected chi connectivity index (χ0v) is 27.2. The molecular formula is C34H35Cl2N3O4S. The van der Waals surface area contributed by atoms with E-state index < -0.39 is 28.5 Å². The average Bonchev–Trinajstić information content (AvgIpc) is 3.00. The van der Waals surface area contributed by atoms with Gasteiger partial charge in [-0.3, -0.25) is 13.9 Å². The Hall–Kier alpha value is -3.85. The number of sulfonamides is 1. The van der Waals surface area contributed by atoms with E-state index in [0.717, 1.165) is 15.4 Å². The van der Waals surface area contributed by atoms with Gasteiger partial charge in [0.2, 0.25) is 11.8 Å². The SMILES string of the molecule is CCNC(=O)[C@@H](Cc1ccccc1)N(Cc1c(Cl)cccc1Cl)C(=O)CN(c1ccc(C)cc1C)S(=O)(=O)c1ccccc1. The number of nitrogens with zero attached hydrogens (tertiary/aromatic N) is 2. The molecule has 0 aliphatic carbocycles. The monoisotopic (exact) mass is 651 g/mol. The minimum absolute atomic E-state index is 0.0398. The molecule has 0 aromatic heterocycles.